The topological polar surface area (TPSA) is 50.2 Å². The summed E-state index contributed by atoms with van der Waals surface area (Å²) in [5.74, 6) is -1.01. The van der Waals surface area contributed by atoms with Gasteiger partial charge in [0.25, 0.3) is 0 Å². The standard InChI is InChI=1S/C10H6BrNO2S/c11-7-3-5-15-9(7)6-2-1-4-12-8(6)10(13)14/h1-5H,(H,13,14). The van der Waals surface area contributed by atoms with Crippen LogP contribution in [0, 0.1) is 0 Å². The normalized spacial score (nSPS) is 10.2. The molecule has 0 fully saturated rings. The Kier molecular flexibility index (Phi) is 2.83. The second-order valence-corrected chi connectivity index (χ2v) is 4.57. The van der Waals surface area contributed by atoms with Crippen molar-refractivity contribution in [3.63, 3.8) is 0 Å². The molecule has 0 saturated heterocycles. The number of aromatic carboxylic acids is 1. The molecule has 0 atom stereocenters. The fourth-order valence-corrected chi connectivity index (χ4v) is 2.86. The van der Waals surface area contributed by atoms with Gasteiger partial charge in [0.2, 0.25) is 0 Å². The summed E-state index contributed by atoms with van der Waals surface area (Å²) in [6, 6.07) is 5.37. The highest BCUT2D eigenvalue weighted by Crippen LogP contribution is 2.34. The smallest absolute Gasteiger partial charge is 0.355 e. The zero-order valence-electron chi connectivity index (χ0n) is 7.48. The predicted octanol–water partition coefficient (Wildman–Crippen LogP) is 3.27. The summed E-state index contributed by atoms with van der Waals surface area (Å²) >= 11 is 4.86. The number of halogens is 1. The molecule has 0 aromatic carbocycles. The van der Waals surface area contributed by atoms with Crippen molar-refractivity contribution in [2.75, 3.05) is 0 Å². The monoisotopic (exact) mass is 283 g/mol. The lowest BCUT2D eigenvalue weighted by Crippen LogP contribution is -2.01. The van der Waals surface area contributed by atoms with Crippen molar-refractivity contribution >= 4 is 33.2 Å². The van der Waals surface area contributed by atoms with Crippen LogP contribution >= 0.6 is 27.3 Å². The number of rotatable bonds is 2. The summed E-state index contributed by atoms with van der Waals surface area (Å²) in [5.41, 5.74) is 0.729. The van der Waals surface area contributed by atoms with Gasteiger partial charge in [-0.1, -0.05) is 0 Å². The van der Waals surface area contributed by atoms with E-state index in [-0.39, 0.29) is 5.69 Å². The van der Waals surface area contributed by atoms with Gasteiger partial charge in [-0.3, -0.25) is 0 Å². The van der Waals surface area contributed by atoms with Crippen LogP contribution in [-0.2, 0) is 0 Å². The Balaban J connectivity index is 2.63. The van der Waals surface area contributed by atoms with Crippen molar-refractivity contribution in [2.45, 2.75) is 0 Å². The van der Waals surface area contributed by atoms with Gasteiger partial charge in [-0.15, -0.1) is 11.3 Å². The minimum absolute atomic E-state index is 0.0839. The van der Waals surface area contributed by atoms with Crippen LogP contribution in [0.5, 0.6) is 0 Å². The Morgan fingerprint density at radius 1 is 1.47 bits per heavy atom. The van der Waals surface area contributed by atoms with Crippen molar-refractivity contribution in [3.8, 4) is 10.4 Å². The van der Waals surface area contributed by atoms with E-state index in [0.717, 1.165) is 9.35 Å². The van der Waals surface area contributed by atoms with E-state index in [2.05, 4.69) is 20.9 Å². The number of pyridine rings is 1. The number of carboxylic acids is 1. The van der Waals surface area contributed by atoms with E-state index in [4.69, 9.17) is 5.11 Å². The van der Waals surface area contributed by atoms with E-state index in [1.165, 1.54) is 17.5 Å². The number of thiophene rings is 1. The molecule has 15 heavy (non-hydrogen) atoms. The number of nitrogens with zero attached hydrogens (tertiary/aromatic N) is 1. The van der Waals surface area contributed by atoms with Gasteiger partial charge in [0.1, 0.15) is 0 Å². The first kappa shape index (κ1) is 10.3. The van der Waals surface area contributed by atoms with Gasteiger partial charge < -0.3 is 5.11 Å². The van der Waals surface area contributed by atoms with Gasteiger partial charge in [-0.05, 0) is 39.5 Å². The number of hydrogen-bond acceptors (Lipinski definition) is 3. The average Bonchev–Trinajstić information content (AvgIpc) is 2.64. The highest BCUT2D eigenvalue weighted by Gasteiger charge is 2.15. The van der Waals surface area contributed by atoms with Gasteiger partial charge in [0.05, 0.1) is 4.88 Å². The van der Waals surface area contributed by atoms with Crippen LogP contribution in [0.3, 0.4) is 0 Å². The van der Waals surface area contributed by atoms with Crippen molar-refractivity contribution in [1.82, 2.24) is 4.98 Å². The third kappa shape index (κ3) is 1.93. The Labute approximate surface area is 98.5 Å². The minimum atomic E-state index is -1.01. The number of aromatic nitrogens is 1. The molecule has 2 aromatic heterocycles. The maximum atomic E-state index is 11.0. The first-order valence-corrected chi connectivity index (χ1v) is 5.79. The SMILES string of the molecule is O=C(O)c1ncccc1-c1sccc1Br. The van der Waals surface area contributed by atoms with Crippen molar-refractivity contribution in [1.29, 1.82) is 0 Å². The molecule has 0 amide bonds. The number of carbonyl (C=O) groups is 1. The molecule has 0 aliphatic rings. The second kappa shape index (κ2) is 4.12. The Morgan fingerprint density at radius 2 is 2.27 bits per heavy atom. The fourth-order valence-electron chi connectivity index (χ4n) is 1.24. The van der Waals surface area contributed by atoms with Crippen LogP contribution in [0.25, 0.3) is 10.4 Å². The van der Waals surface area contributed by atoms with E-state index in [0.29, 0.717) is 5.56 Å². The highest BCUT2D eigenvalue weighted by molar-refractivity contribution is 9.10. The molecule has 2 heterocycles. The van der Waals surface area contributed by atoms with Gasteiger partial charge in [0.15, 0.2) is 5.69 Å². The van der Waals surface area contributed by atoms with Crippen LogP contribution in [-0.4, -0.2) is 16.1 Å². The van der Waals surface area contributed by atoms with Crippen LogP contribution in [0.2, 0.25) is 0 Å². The summed E-state index contributed by atoms with van der Waals surface area (Å²) in [7, 11) is 0. The summed E-state index contributed by atoms with van der Waals surface area (Å²) in [5, 5.41) is 10.9. The van der Waals surface area contributed by atoms with Crippen molar-refractivity contribution in [2.24, 2.45) is 0 Å². The van der Waals surface area contributed by atoms with E-state index in [1.54, 1.807) is 12.1 Å². The molecule has 3 nitrogen and oxygen atoms in total. The number of hydrogen-bond donors (Lipinski definition) is 1. The summed E-state index contributed by atoms with van der Waals surface area (Å²) in [6.45, 7) is 0. The van der Waals surface area contributed by atoms with E-state index in [9.17, 15) is 4.79 Å². The van der Waals surface area contributed by atoms with Crippen LogP contribution in [0.15, 0.2) is 34.2 Å². The molecular formula is C10H6BrNO2S. The van der Waals surface area contributed by atoms with Gasteiger partial charge in [0, 0.05) is 16.2 Å². The molecule has 5 heteroatoms. The lowest BCUT2D eigenvalue weighted by atomic mass is 10.1. The molecule has 0 aliphatic carbocycles. The Hall–Kier alpha value is -1.20. The van der Waals surface area contributed by atoms with Crippen LogP contribution < -0.4 is 0 Å². The molecule has 2 rings (SSSR count). The zero-order valence-corrected chi connectivity index (χ0v) is 9.88. The highest BCUT2D eigenvalue weighted by atomic mass is 79.9. The molecule has 76 valence electrons. The molecule has 0 bridgehead atoms. The molecule has 0 saturated carbocycles. The summed E-state index contributed by atoms with van der Waals surface area (Å²) < 4.78 is 0.892. The fraction of sp³-hybridized carbons (Fsp3) is 0. The maximum Gasteiger partial charge on any atom is 0.355 e. The molecule has 0 aliphatic heterocycles. The van der Waals surface area contributed by atoms with Crippen molar-refractivity contribution < 1.29 is 9.90 Å². The van der Waals surface area contributed by atoms with Crippen LogP contribution in [0.1, 0.15) is 10.5 Å². The van der Waals surface area contributed by atoms with Gasteiger partial charge in [-0.2, -0.15) is 0 Å². The quantitative estimate of drug-likeness (QED) is 0.920. The van der Waals surface area contributed by atoms with E-state index in [1.807, 2.05) is 11.4 Å². The molecule has 0 radical (unpaired) electrons. The largest absolute Gasteiger partial charge is 0.476 e. The predicted molar refractivity (Wildman–Crippen MR) is 62.2 cm³/mol. The minimum Gasteiger partial charge on any atom is -0.476 e. The summed E-state index contributed by atoms with van der Waals surface area (Å²) in [6.07, 6.45) is 1.48. The molecule has 0 spiro atoms. The number of carboxylic acid groups (broad SMARTS) is 1. The lowest BCUT2D eigenvalue weighted by Gasteiger charge is -2.02. The third-order valence-corrected chi connectivity index (χ3v) is 3.74. The Morgan fingerprint density at radius 3 is 2.87 bits per heavy atom. The second-order valence-electron chi connectivity index (χ2n) is 2.80. The first-order valence-electron chi connectivity index (χ1n) is 4.12. The molecule has 1 N–H and O–H groups in total. The maximum absolute atomic E-state index is 11.0. The molecular weight excluding hydrogens is 278 g/mol. The van der Waals surface area contributed by atoms with E-state index < -0.39 is 5.97 Å². The van der Waals surface area contributed by atoms with Crippen LogP contribution in [0.4, 0.5) is 0 Å². The van der Waals surface area contributed by atoms with Crippen molar-refractivity contribution in [3.05, 3.63) is 39.9 Å². The van der Waals surface area contributed by atoms with Gasteiger partial charge >= 0.3 is 5.97 Å². The third-order valence-electron chi connectivity index (χ3n) is 1.87. The van der Waals surface area contributed by atoms with Gasteiger partial charge in [-0.25, -0.2) is 9.78 Å². The average molecular weight is 284 g/mol. The molecule has 0 unspecified atom stereocenters. The first-order chi connectivity index (χ1) is 7.20. The van der Waals surface area contributed by atoms with E-state index >= 15 is 0 Å². The Bertz CT molecular complexity index is 510. The zero-order chi connectivity index (χ0) is 10.8. The lowest BCUT2D eigenvalue weighted by molar-refractivity contribution is 0.0691. The molecule has 2 aromatic rings. The summed E-state index contributed by atoms with van der Waals surface area (Å²) in [4.78, 5) is 15.7.